The lowest BCUT2D eigenvalue weighted by atomic mass is 10.2. The lowest BCUT2D eigenvalue weighted by Gasteiger charge is -2.09. The maximum absolute atomic E-state index is 5.46. The number of rotatable bonds is 6. The van der Waals surface area contributed by atoms with Crippen LogP contribution >= 0.6 is 0 Å². The number of aromatic nitrogens is 2. The van der Waals surface area contributed by atoms with Crippen LogP contribution in [0.5, 0.6) is 0 Å². The second-order valence-electron chi connectivity index (χ2n) is 5.01. The van der Waals surface area contributed by atoms with E-state index in [0.717, 1.165) is 17.1 Å². The molecule has 0 atom stereocenters. The predicted molar refractivity (Wildman–Crippen MR) is 79.1 cm³/mol. The van der Waals surface area contributed by atoms with E-state index in [0.29, 0.717) is 25.1 Å². The molecule has 1 aliphatic rings. The normalized spacial score (nSPS) is 14.2. The van der Waals surface area contributed by atoms with Gasteiger partial charge >= 0.3 is 0 Å². The number of hydrogen-bond acceptors (Lipinski definition) is 4. The smallest absolute Gasteiger partial charge is 0.227 e. The van der Waals surface area contributed by atoms with Crippen molar-refractivity contribution < 1.29 is 4.74 Å². The molecule has 20 heavy (non-hydrogen) atoms. The van der Waals surface area contributed by atoms with Crippen LogP contribution < -0.4 is 5.32 Å². The largest absolute Gasteiger partial charge is 0.375 e. The SMILES string of the molecule is CCOCc1cc(C2CC2)nc(Nc2ccccc2)n1. The molecule has 1 aromatic carbocycles. The van der Waals surface area contributed by atoms with Gasteiger partial charge in [-0.15, -0.1) is 0 Å². The van der Waals surface area contributed by atoms with Gasteiger partial charge in [0.05, 0.1) is 12.3 Å². The van der Waals surface area contributed by atoms with Crippen LogP contribution in [-0.2, 0) is 11.3 Å². The standard InChI is InChI=1S/C16H19N3O/c1-2-20-11-14-10-15(12-8-9-12)19-16(18-14)17-13-6-4-3-5-7-13/h3-7,10,12H,2,8-9,11H2,1H3,(H,17,18,19). The summed E-state index contributed by atoms with van der Waals surface area (Å²) in [6.45, 7) is 3.23. The summed E-state index contributed by atoms with van der Waals surface area (Å²) in [5.41, 5.74) is 3.08. The summed E-state index contributed by atoms with van der Waals surface area (Å²) in [5.74, 6) is 1.27. The van der Waals surface area contributed by atoms with Crippen LogP contribution in [0.2, 0.25) is 0 Å². The third-order valence-electron chi connectivity index (χ3n) is 3.28. The summed E-state index contributed by atoms with van der Waals surface area (Å²) in [5, 5.41) is 3.27. The first-order valence-corrected chi connectivity index (χ1v) is 7.13. The Morgan fingerprint density at radius 3 is 2.70 bits per heavy atom. The van der Waals surface area contributed by atoms with Gasteiger partial charge in [-0.3, -0.25) is 0 Å². The predicted octanol–water partition coefficient (Wildman–Crippen LogP) is 3.63. The Balaban J connectivity index is 1.83. The second kappa shape index (κ2) is 6.01. The molecule has 2 aromatic rings. The van der Waals surface area contributed by atoms with E-state index < -0.39 is 0 Å². The van der Waals surface area contributed by atoms with E-state index in [-0.39, 0.29) is 0 Å². The van der Waals surface area contributed by atoms with Crippen LogP contribution in [-0.4, -0.2) is 16.6 Å². The van der Waals surface area contributed by atoms with E-state index in [1.807, 2.05) is 37.3 Å². The van der Waals surface area contributed by atoms with Gasteiger partial charge < -0.3 is 10.1 Å². The highest BCUT2D eigenvalue weighted by molar-refractivity contribution is 5.53. The van der Waals surface area contributed by atoms with Crippen LogP contribution in [0.15, 0.2) is 36.4 Å². The molecule has 1 N–H and O–H groups in total. The highest BCUT2D eigenvalue weighted by Gasteiger charge is 2.26. The van der Waals surface area contributed by atoms with Crippen molar-refractivity contribution in [2.24, 2.45) is 0 Å². The lowest BCUT2D eigenvalue weighted by molar-refractivity contribution is 0.131. The number of anilines is 2. The first-order chi connectivity index (χ1) is 9.85. The molecule has 1 aliphatic carbocycles. The number of nitrogens with zero attached hydrogens (tertiary/aromatic N) is 2. The Morgan fingerprint density at radius 1 is 1.20 bits per heavy atom. The molecule has 0 amide bonds. The summed E-state index contributed by atoms with van der Waals surface area (Å²) >= 11 is 0. The van der Waals surface area contributed by atoms with Gasteiger partial charge in [-0.05, 0) is 38.0 Å². The van der Waals surface area contributed by atoms with Gasteiger partial charge in [0, 0.05) is 23.9 Å². The van der Waals surface area contributed by atoms with Gasteiger partial charge in [-0.1, -0.05) is 18.2 Å². The molecule has 1 aromatic heterocycles. The average Bonchev–Trinajstić information content (AvgIpc) is 3.31. The monoisotopic (exact) mass is 269 g/mol. The van der Waals surface area contributed by atoms with Crippen molar-refractivity contribution in [3.8, 4) is 0 Å². The van der Waals surface area contributed by atoms with Gasteiger partial charge in [-0.2, -0.15) is 0 Å². The minimum Gasteiger partial charge on any atom is -0.375 e. The Hall–Kier alpha value is -1.94. The minimum atomic E-state index is 0.544. The molecule has 104 valence electrons. The topological polar surface area (TPSA) is 47.0 Å². The van der Waals surface area contributed by atoms with Crippen LogP contribution in [0.25, 0.3) is 0 Å². The second-order valence-corrected chi connectivity index (χ2v) is 5.01. The van der Waals surface area contributed by atoms with E-state index in [2.05, 4.69) is 21.4 Å². The molecule has 4 nitrogen and oxygen atoms in total. The molecule has 1 heterocycles. The Bertz CT molecular complexity index is 567. The molecular weight excluding hydrogens is 250 g/mol. The molecule has 3 rings (SSSR count). The summed E-state index contributed by atoms with van der Waals surface area (Å²) < 4.78 is 5.46. The molecule has 0 radical (unpaired) electrons. The molecule has 4 heteroatoms. The van der Waals surface area contributed by atoms with E-state index in [1.54, 1.807) is 0 Å². The van der Waals surface area contributed by atoms with Crippen molar-refractivity contribution in [3.05, 3.63) is 47.8 Å². The highest BCUT2D eigenvalue weighted by Crippen LogP contribution is 2.39. The Morgan fingerprint density at radius 2 is 2.00 bits per heavy atom. The number of hydrogen-bond donors (Lipinski definition) is 1. The maximum atomic E-state index is 5.46. The summed E-state index contributed by atoms with van der Waals surface area (Å²) in [6, 6.07) is 12.1. The molecule has 0 bridgehead atoms. The summed E-state index contributed by atoms with van der Waals surface area (Å²) in [6.07, 6.45) is 2.46. The minimum absolute atomic E-state index is 0.544. The first kappa shape index (κ1) is 13.1. The molecule has 0 saturated heterocycles. The summed E-state index contributed by atoms with van der Waals surface area (Å²) in [7, 11) is 0. The quantitative estimate of drug-likeness (QED) is 0.869. The van der Waals surface area contributed by atoms with Crippen molar-refractivity contribution in [2.75, 3.05) is 11.9 Å². The first-order valence-electron chi connectivity index (χ1n) is 7.13. The van der Waals surface area contributed by atoms with Gasteiger partial charge in [0.1, 0.15) is 0 Å². The number of para-hydroxylation sites is 1. The van der Waals surface area contributed by atoms with Gasteiger partial charge in [0.2, 0.25) is 5.95 Å². The molecule has 0 spiro atoms. The van der Waals surface area contributed by atoms with Crippen LogP contribution in [0.4, 0.5) is 11.6 Å². The Labute approximate surface area is 119 Å². The Kier molecular flexibility index (Phi) is 3.92. The third-order valence-corrected chi connectivity index (χ3v) is 3.28. The third kappa shape index (κ3) is 3.33. The molecule has 0 aliphatic heterocycles. The fourth-order valence-corrected chi connectivity index (χ4v) is 2.09. The van der Waals surface area contributed by atoms with E-state index in [4.69, 9.17) is 4.74 Å². The van der Waals surface area contributed by atoms with E-state index in [1.165, 1.54) is 12.8 Å². The van der Waals surface area contributed by atoms with E-state index in [9.17, 15) is 0 Å². The number of nitrogens with one attached hydrogen (secondary N) is 1. The van der Waals surface area contributed by atoms with Crippen LogP contribution in [0.1, 0.15) is 37.1 Å². The summed E-state index contributed by atoms with van der Waals surface area (Å²) in [4.78, 5) is 9.15. The van der Waals surface area contributed by atoms with Crippen molar-refractivity contribution in [2.45, 2.75) is 32.3 Å². The maximum Gasteiger partial charge on any atom is 0.227 e. The van der Waals surface area contributed by atoms with Crippen molar-refractivity contribution in [1.82, 2.24) is 9.97 Å². The average molecular weight is 269 g/mol. The number of benzene rings is 1. The number of ether oxygens (including phenoxy) is 1. The lowest BCUT2D eigenvalue weighted by Crippen LogP contribution is -2.04. The molecule has 1 fully saturated rings. The fraction of sp³-hybridized carbons (Fsp3) is 0.375. The van der Waals surface area contributed by atoms with Gasteiger partial charge in [0.25, 0.3) is 0 Å². The molecule has 1 saturated carbocycles. The van der Waals surface area contributed by atoms with Crippen molar-refractivity contribution in [1.29, 1.82) is 0 Å². The van der Waals surface area contributed by atoms with E-state index >= 15 is 0 Å². The van der Waals surface area contributed by atoms with Gasteiger partial charge in [-0.25, -0.2) is 9.97 Å². The van der Waals surface area contributed by atoms with Crippen molar-refractivity contribution >= 4 is 11.6 Å². The molecular formula is C16H19N3O. The highest BCUT2D eigenvalue weighted by atomic mass is 16.5. The zero-order valence-corrected chi connectivity index (χ0v) is 11.7. The van der Waals surface area contributed by atoms with Crippen LogP contribution in [0.3, 0.4) is 0 Å². The fourth-order valence-electron chi connectivity index (χ4n) is 2.09. The van der Waals surface area contributed by atoms with Gasteiger partial charge in [0.15, 0.2) is 0 Å². The zero-order valence-electron chi connectivity index (χ0n) is 11.7. The van der Waals surface area contributed by atoms with Crippen LogP contribution in [0, 0.1) is 0 Å². The zero-order chi connectivity index (χ0) is 13.8. The van der Waals surface area contributed by atoms with Crippen molar-refractivity contribution in [3.63, 3.8) is 0 Å². The molecule has 0 unspecified atom stereocenters.